The van der Waals surface area contributed by atoms with Crippen molar-refractivity contribution in [2.24, 2.45) is 0 Å². The van der Waals surface area contributed by atoms with Crippen LogP contribution in [0.25, 0.3) is 0 Å². The van der Waals surface area contributed by atoms with Gasteiger partial charge in [0.2, 0.25) is 0 Å². The molecule has 2 heterocycles. The second kappa shape index (κ2) is 3.54. The highest BCUT2D eigenvalue weighted by Gasteiger charge is 2.24. The van der Waals surface area contributed by atoms with Crippen LogP contribution in [-0.4, -0.2) is 23.5 Å². The average Bonchev–Trinajstić information content (AvgIpc) is 2.58. The van der Waals surface area contributed by atoms with Crippen molar-refractivity contribution in [1.82, 2.24) is 9.88 Å². The summed E-state index contributed by atoms with van der Waals surface area (Å²) >= 11 is 0. The summed E-state index contributed by atoms with van der Waals surface area (Å²) in [5.41, 5.74) is 2.98. The first-order chi connectivity index (χ1) is 6.33. The molecule has 1 aliphatic heterocycles. The summed E-state index contributed by atoms with van der Waals surface area (Å²) in [5, 5.41) is 0. The lowest BCUT2D eigenvalue weighted by Crippen LogP contribution is -2.31. The van der Waals surface area contributed by atoms with Gasteiger partial charge in [0, 0.05) is 30.9 Å². The second-order valence-corrected chi connectivity index (χ2v) is 3.95. The van der Waals surface area contributed by atoms with Gasteiger partial charge in [-0.2, -0.15) is 0 Å². The largest absolute Gasteiger partial charge is 0.365 e. The van der Waals surface area contributed by atoms with E-state index in [1.807, 2.05) is 0 Å². The molecule has 72 valence electrons. The number of hydrogen-bond acceptors (Lipinski definition) is 1. The molecule has 0 fully saturated rings. The third kappa shape index (κ3) is 1.51. The predicted octanol–water partition coefficient (Wildman–Crippen LogP) is 2.34. The molecule has 0 radical (unpaired) electrons. The maximum atomic E-state index is 3.34. The van der Waals surface area contributed by atoms with Crippen LogP contribution in [0.3, 0.4) is 0 Å². The van der Waals surface area contributed by atoms with Crippen molar-refractivity contribution in [1.29, 1.82) is 0 Å². The number of hydrogen-bond donors (Lipinski definition) is 1. The molecule has 1 atom stereocenters. The maximum Gasteiger partial charge on any atom is 0.0362 e. The minimum Gasteiger partial charge on any atom is -0.365 e. The number of aromatic amines is 1. The molecule has 0 spiro atoms. The fraction of sp³-hybridized carbons (Fsp3) is 0.636. The quantitative estimate of drug-likeness (QED) is 0.736. The van der Waals surface area contributed by atoms with E-state index in [0.717, 1.165) is 0 Å². The molecule has 0 unspecified atom stereocenters. The summed E-state index contributed by atoms with van der Waals surface area (Å²) in [4.78, 5) is 5.81. The highest BCUT2D eigenvalue weighted by atomic mass is 15.1. The van der Waals surface area contributed by atoms with Crippen LogP contribution in [0.2, 0.25) is 0 Å². The Labute approximate surface area is 79.9 Å². The number of nitrogens with zero attached hydrogens (tertiary/aromatic N) is 1. The number of fused-ring (bicyclic) bond motifs is 1. The molecule has 0 saturated carbocycles. The minimum atomic E-state index is 0.653. The van der Waals surface area contributed by atoms with E-state index in [1.54, 1.807) is 0 Å². The van der Waals surface area contributed by atoms with Crippen LogP contribution < -0.4 is 0 Å². The lowest BCUT2D eigenvalue weighted by molar-refractivity contribution is 0.217. The topological polar surface area (TPSA) is 19.0 Å². The van der Waals surface area contributed by atoms with Gasteiger partial charge in [0.1, 0.15) is 0 Å². The highest BCUT2D eigenvalue weighted by Crippen LogP contribution is 2.30. The van der Waals surface area contributed by atoms with Crippen LogP contribution in [0.1, 0.15) is 37.1 Å². The molecular formula is C11H18N2. The van der Waals surface area contributed by atoms with E-state index in [9.17, 15) is 0 Å². The third-order valence-electron chi connectivity index (χ3n) is 3.04. The second-order valence-electron chi connectivity index (χ2n) is 3.95. The maximum absolute atomic E-state index is 3.34. The molecule has 2 nitrogen and oxygen atoms in total. The molecular weight excluding hydrogens is 160 g/mol. The van der Waals surface area contributed by atoms with Crippen molar-refractivity contribution < 1.29 is 0 Å². The Kier molecular flexibility index (Phi) is 2.40. The van der Waals surface area contributed by atoms with E-state index >= 15 is 0 Å². The number of nitrogens with one attached hydrogen (secondary N) is 1. The van der Waals surface area contributed by atoms with Crippen molar-refractivity contribution in [2.75, 3.05) is 13.6 Å². The van der Waals surface area contributed by atoms with Crippen LogP contribution in [0.4, 0.5) is 0 Å². The summed E-state index contributed by atoms with van der Waals surface area (Å²) < 4.78 is 0. The normalized spacial score (nSPS) is 23.1. The van der Waals surface area contributed by atoms with Gasteiger partial charge in [-0.25, -0.2) is 0 Å². The molecule has 13 heavy (non-hydrogen) atoms. The third-order valence-corrected chi connectivity index (χ3v) is 3.04. The molecule has 1 aromatic heterocycles. The van der Waals surface area contributed by atoms with Gasteiger partial charge in [-0.1, -0.05) is 13.3 Å². The van der Waals surface area contributed by atoms with E-state index in [2.05, 4.69) is 36.1 Å². The molecule has 2 rings (SSSR count). The molecule has 0 bridgehead atoms. The van der Waals surface area contributed by atoms with Crippen molar-refractivity contribution in [3.05, 3.63) is 23.5 Å². The van der Waals surface area contributed by atoms with E-state index in [0.29, 0.717) is 6.04 Å². The lowest BCUT2D eigenvalue weighted by atomic mass is 9.96. The number of H-pyrrole nitrogens is 1. The van der Waals surface area contributed by atoms with Crippen LogP contribution in [0.5, 0.6) is 0 Å². The SMILES string of the molecule is CCC[C@@H]1c2cc[nH]c2CCN1C. The molecule has 1 N–H and O–H groups in total. The van der Waals surface area contributed by atoms with E-state index in [1.165, 1.54) is 37.1 Å². The first-order valence-corrected chi connectivity index (χ1v) is 5.19. The summed E-state index contributed by atoms with van der Waals surface area (Å²) in [6.45, 7) is 3.45. The highest BCUT2D eigenvalue weighted by molar-refractivity contribution is 5.27. The molecule has 0 aromatic carbocycles. The Hall–Kier alpha value is -0.760. The number of likely N-dealkylation sites (N-methyl/N-ethyl adjacent to an activating group) is 1. The summed E-state index contributed by atoms with van der Waals surface area (Å²) in [6.07, 6.45) is 5.80. The monoisotopic (exact) mass is 178 g/mol. The van der Waals surface area contributed by atoms with Gasteiger partial charge in [-0.3, -0.25) is 4.90 Å². The van der Waals surface area contributed by atoms with Gasteiger partial charge >= 0.3 is 0 Å². The number of aromatic nitrogens is 1. The van der Waals surface area contributed by atoms with E-state index in [-0.39, 0.29) is 0 Å². The average molecular weight is 178 g/mol. The zero-order valence-corrected chi connectivity index (χ0v) is 8.51. The van der Waals surface area contributed by atoms with Gasteiger partial charge in [-0.05, 0) is 25.1 Å². The molecule has 0 saturated heterocycles. The Balaban J connectivity index is 2.25. The standard InChI is InChI=1S/C11H18N2/c1-3-4-11-9-5-7-12-10(9)6-8-13(11)2/h5,7,11-12H,3-4,6,8H2,1-2H3/t11-/m1/s1. The zero-order chi connectivity index (χ0) is 9.26. The summed E-state index contributed by atoms with van der Waals surface area (Å²) in [6, 6.07) is 2.89. The fourth-order valence-electron chi connectivity index (χ4n) is 2.28. The van der Waals surface area contributed by atoms with Gasteiger partial charge in [0.05, 0.1) is 0 Å². The van der Waals surface area contributed by atoms with Gasteiger partial charge in [0.15, 0.2) is 0 Å². The fourth-order valence-corrected chi connectivity index (χ4v) is 2.28. The van der Waals surface area contributed by atoms with Gasteiger partial charge < -0.3 is 4.98 Å². The van der Waals surface area contributed by atoms with Crippen LogP contribution in [0.15, 0.2) is 12.3 Å². The van der Waals surface area contributed by atoms with E-state index < -0.39 is 0 Å². The van der Waals surface area contributed by atoms with E-state index in [4.69, 9.17) is 0 Å². The van der Waals surface area contributed by atoms with Crippen molar-refractivity contribution in [3.8, 4) is 0 Å². The molecule has 0 amide bonds. The van der Waals surface area contributed by atoms with Gasteiger partial charge in [-0.15, -0.1) is 0 Å². The zero-order valence-electron chi connectivity index (χ0n) is 8.51. The summed E-state index contributed by atoms with van der Waals surface area (Å²) in [7, 11) is 2.23. The summed E-state index contributed by atoms with van der Waals surface area (Å²) in [5.74, 6) is 0. The minimum absolute atomic E-state index is 0.653. The Morgan fingerprint density at radius 2 is 2.46 bits per heavy atom. The van der Waals surface area contributed by atoms with Crippen molar-refractivity contribution in [3.63, 3.8) is 0 Å². The Bertz CT molecular complexity index is 277. The molecule has 1 aromatic rings. The molecule has 2 heteroatoms. The Morgan fingerprint density at radius 3 is 3.23 bits per heavy atom. The Morgan fingerprint density at radius 1 is 1.62 bits per heavy atom. The van der Waals surface area contributed by atoms with Crippen LogP contribution in [-0.2, 0) is 6.42 Å². The van der Waals surface area contributed by atoms with Crippen LogP contribution >= 0.6 is 0 Å². The van der Waals surface area contributed by atoms with Crippen LogP contribution in [0, 0.1) is 0 Å². The first-order valence-electron chi connectivity index (χ1n) is 5.19. The van der Waals surface area contributed by atoms with Gasteiger partial charge in [0.25, 0.3) is 0 Å². The lowest BCUT2D eigenvalue weighted by Gasteiger charge is -2.32. The van der Waals surface area contributed by atoms with Crippen molar-refractivity contribution in [2.45, 2.75) is 32.2 Å². The number of rotatable bonds is 2. The van der Waals surface area contributed by atoms with Crippen molar-refractivity contribution >= 4 is 0 Å². The smallest absolute Gasteiger partial charge is 0.0362 e. The predicted molar refractivity (Wildman–Crippen MR) is 54.8 cm³/mol. The molecule has 1 aliphatic rings. The molecule has 0 aliphatic carbocycles. The first kappa shape index (κ1) is 8.82.